The maximum atomic E-state index is 9.03. The van der Waals surface area contributed by atoms with Crippen molar-refractivity contribution in [3.8, 4) is 6.07 Å². The van der Waals surface area contributed by atoms with Crippen molar-refractivity contribution in [1.82, 2.24) is 4.37 Å². The molecule has 0 radical (unpaired) electrons. The minimum atomic E-state index is 0.518. The Bertz CT molecular complexity index is 408. The molecule has 0 saturated heterocycles. The third-order valence-electron chi connectivity index (χ3n) is 3.03. The van der Waals surface area contributed by atoms with Gasteiger partial charge in [-0.25, -0.2) is 0 Å². The molecule has 5 heteroatoms. The molecule has 0 spiro atoms. The van der Waals surface area contributed by atoms with Crippen LogP contribution in [-0.4, -0.2) is 21.9 Å². The average Bonchev–Trinajstić information content (AvgIpc) is 2.86. The summed E-state index contributed by atoms with van der Waals surface area (Å²) < 4.78 is 4.22. The fourth-order valence-corrected chi connectivity index (χ4v) is 3.69. The largest absolute Gasteiger partial charge is 0.372 e. The van der Waals surface area contributed by atoms with Crippen LogP contribution in [0.3, 0.4) is 0 Å². The zero-order valence-electron chi connectivity index (χ0n) is 9.49. The fraction of sp³-hybridized carbons (Fsp3) is 0.636. The topological polar surface area (TPSA) is 48.7 Å². The summed E-state index contributed by atoms with van der Waals surface area (Å²) in [6.45, 7) is 1.89. The first-order valence-electron chi connectivity index (χ1n) is 5.40. The van der Waals surface area contributed by atoms with Crippen LogP contribution < -0.4 is 5.32 Å². The van der Waals surface area contributed by atoms with Gasteiger partial charge in [-0.15, -0.1) is 0 Å². The molecule has 1 aliphatic rings. The van der Waals surface area contributed by atoms with E-state index in [0.717, 1.165) is 21.5 Å². The third kappa shape index (κ3) is 2.33. The van der Waals surface area contributed by atoms with Gasteiger partial charge in [-0.05, 0) is 44.0 Å². The van der Waals surface area contributed by atoms with E-state index in [1.807, 2.05) is 18.7 Å². The van der Waals surface area contributed by atoms with Crippen LogP contribution in [-0.2, 0) is 0 Å². The predicted molar refractivity (Wildman–Crippen MR) is 70.1 cm³/mol. The lowest BCUT2D eigenvalue weighted by atomic mass is 10.2. The maximum absolute atomic E-state index is 9.03. The zero-order chi connectivity index (χ0) is 11.5. The second kappa shape index (κ2) is 5.07. The molecule has 1 fully saturated rings. The Labute approximate surface area is 104 Å². The first-order valence-corrected chi connectivity index (χ1v) is 7.46. The number of nitriles is 1. The van der Waals surface area contributed by atoms with E-state index >= 15 is 0 Å². The predicted octanol–water partition coefficient (Wildman–Crippen LogP) is 3.02. The Morgan fingerprint density at radius 1 is 1.56 bits per heavy atom. The Kier molecular flexibility index (Phi) is 3.72. The van der Waals surface area contributed by atoms with Gasteiger partial charge in [-0.2, -0.15) is 21.4 Å². The lowest BCUT2D eigenvalue weighted by Crippen LogP contribution is -2.15. The van der Waals surface area contributed by atoms with Crippen molar-refractivity contribution < 1.29 is 0 Å². The second-order valence-corrected chi connectivity index (χ2v) is 6.01. The Morgan fingerprint density at radius 3 is 3.00 bits per heavy atom. The lowest BCUT2D eigenvalue weighted by Gasteiger charge is -2.12. The van der Waals surface area contributed by atoms with Crippen molar-refractivity contribution in [3.63, 3.8) is 0 Å². The summed E-state index contributed by atoms with van der Waals surface area (Å²) in [7, 11) is 0. The minimum absolute atomic E-state index is 0.518. The molecule has 1 saturated carbocycles. The molecule has 1 heterocycles. The summed E-state index contributed by atoms with van der Waals surface area (Å²) in [4.78, 5) is 0. The molecule has 1 N–H and O–H groups in total. The van der Waals surface area contributed by atoms with E-state index < -0.39 is 0 Å². The van der Waals surface area contributed by atoms with Gasteiger partial charge in [-0.3, -0.25) is 0 Å². The van der Waals surface area contributed by atoms with E-state index in [2.05, 4.69) is 22.0 Å². The van der Waals surface area contributed by atoms with Crippen molar-refractivity contribution >= 4 is 28.3 Å². The molecule has 0 amide bonds. The van der Waals surface area contributed by atoms with Gasteiger partial charge >= 0.3 is 0 Å². The average molecular weight is 253 g/mol. The van der Waals surface area contributed by atoms with Crippen LogP contribution in [0.1, 0.15) is 30.5 Å². The summed E-state index contributed by atoms with van der Waals surface area (Å²) in [5.74, 6) is 0. The number of anilines is 1. The molecule has 86 valence electrons. The molecular formula is C11H15N3S2. The van der Waals surface area contributed by atoms with Crippen molar-refractivity contribution in [1.29, 1.82) is 5.26 Å². The molecule has 0 bridgehead atoms. The summed E-state index contributed by atoms with van der Waals surface area (Å²) in [5, 5.41) is 14.2. The van der Waals surface area contributed by atoms with Crippen LogP contribution in [0.15, 0.2) is 0 Å². The monoisotopic (exact) mass is 253 g/mol. The summed E-state index contributed by atoms with van der Waals surface area (Å²) in [6.07, 6.45) is 5.85. The fourth-order valence-electron chi connectivity index (χ4n) is 2.07. The smallest absolute Gasteiger partial charge is 0.127 e. The van der Waals surface area contributed by atoms with Crippen molar-refractivity contribution in [2.24, 2.45) is 0 Å². The number of rotatable bonds is 3. The van der Waals surface area contributed by atoms with Crippen LogP contribution in [0.5, 0.6) is 0 Å². The van der Waals surface area contributed by atoms with Crippen LogP contribution in [0.4, 0.5) is 5.00 Å². The van der Waals surface area contributed by atoms with E-state index in [0.29, 0.717) is 6.04 Å². The summed E-state index contributed by atoms with van der Waals surface area (Å²) in [6, 6.07) is 2.74. The van der Waals surface area contributed by atoms with Crippen molar-refractivity contribution in [3.05, 3.63) is 11.3 Å². The molecule has 2 atom stereocenters. The number of nitrogens with one attached hydrogen (secondary N) is 1. The molecule has 0 aliphatic heterocycles. The van der Waals surface area contributed by atoms with E-state index in [-0.39, 0.29) is 0 Å². The van der Waals surface area contributed by atoms with Gasteiger partial charge in [0.1, 0.15) is 16.6 Å². The number of thioether (sulfide) groups is 1. The van der Waals surface area contributed by atoms with E-state index in [1.54, 1.807) is 0 Å². The van der Waals surface area contributed by atoms with Crippen LogP contribution in [0, 0.1) is 18.3 Å². The molecular weight excluding hydrogens is 238 g/mol. The van der Waals surface area contributed by atoms with Gasteiger partial charge in [0.25, 0.3) is 0 Å². The van der Waals surface area contributed by atoms with E-state index in [4.69, 9.17) is 5.26 Å². The minimum Gasteiger partial charge on any atom is -0.372 e. The first kappa shape index (κ1) is 11.7. The van der Waals surface area contributed by atoms with Crippen LogP contribution in [0.25, 0.3) is 0 Å². The molecule has 16 heavy (non-hydrogen) atoms. The standard InChI is InChI=1S/C11H15N3S2/c1-7-10(6-12)11(16-14-7)13-8-3-4-9(5-8)15-2/h8-9,13H,3-5H2,1-2H3. The highest BCUT2D eigenvalue weighted by Crippen LogP contribution is 2.32. The highest BCUT2D eigenvalue weighted by molar-refractivity contribution is 7.99. The molecule has 3 nitrogen and oxygen atoms in total. The van der Waals surface area contributed by atoms with Gasteiger partial charge in [0.15, 0.2) is 0 Å². The van der Waals surface area contributed by atoms with Crippen molar-refractivity contribution in [2.45, 2.75) is 37.5 Å². The highest BCUT2D eigenvalue weighted by Gasteiger charge is 2.25. The number of nitrogens with zero attached hydrogens (tertiary/aromatic N) is 2. The Balaban J connectivity index is 2.02. The van der Waals surface area contributed by atoms with Crippen LogP contribution >= 0.6 is 23.3 Å². The van der Waals surface area contributed by atoms with E-state index in [1.165, 1.54) is 30.8 Å². The van der Waals surface area contributed by atoms with Gasteiger partial charge in [-0.1, -0.05) is 0 Å². The number of aromatic nitrogens is 1. The number of aryl methyl sites for hydroxylation is 1. The lowest BCUT2D eigenvalue weighted by molar-refractivity contribution is 0.759. The first-order chi connectivity index (χ1) is 7.74. The molecule has 1 aromatic heterocycles. The van der Waals surface area contributed by atoms with Gasteiger partial charge < -0.3 is 5.32 Å². The zero-order valence-corrected chi connectivity index (χ0v) is 11.1. The van der Waals surface area contributed by atoms with Gasteiger partial charge in [0.2, 0.25) is 0 Å². The van der Waals surface area contributed by atoms with Crippen molar-refractivity contribution in [2.75, 3.05) is 11.6 Å². The summed E-state index contributed by atoms with van der Waals surface area (Å²) >= 11 is 3.35. The Morgan fingerprint density at radius 2 is 2.38 bits per heavy atom. The van der Waals surface area contributed by atoms with Gasteiger partial charge in [0.05, 0.1) is 5.69 Å². The number of hydrogen-bond acceptors (Lipinski definition) is 5. The second-order valence-electron chi connectivity index (χ2n) is 4.10. The maximum Gasteiger partial charge on any atom is 0.127 e. The third-order valence-corrected chi connectivity index (χ3v) is 4.99. The highest BCUT2D eigenvalue weighted by atomic mass is 32.2. The van der Waals surface area contributed by atoms with Crippen LogP contribution in [0.2, 0.25) is 0 Å². The molecule has 0 aromatic carbocycles. The molecule has 2 unspecified atom stereocenters. The number of hydrogen-bond donors (Lipinski definition) is 1. The molecule has 2 rings (SSSR count). The SMILES string of the molecule is CSC1CCC(Nc2snc(C)c2C#N)C1. The Hall–Kier alpha value is -0.730. The van der Waals surface area contributed by atoms with Gasteiger partial charge in [0, 0.05) is 11.3 Å². The normalized spacial score (nSPS) is 24.3. The molecule has 1 aromatic rings. The van der Waals surface area contributed by atoms with E-state index in [9.17, 15) is 0 Å². The molecule has 1 aliphatic carbocycles. The summed E-state index contributed by atoms with van der Waals surface area (Å²) in [5.41, 5.74) is 1.56. The quantitative estimate of drug-likeness (QED) is 0.899.